The van der Waals surface area contributed by atoms with Crippen molar-refractivity contribution in [1.82, 2.24) is 61.3 Å². The summed E-state index contributed by atoms with van der Waals surface area (Å²) >= 11 is 6.17. The van der Waals surface area contributed by atoms with Crippen LogP contribution in [0.4, 0.5) is 0 Å². The Kier molecular flexibility index (Phi) is 42.2. The molecule has 0 aliphatic carbocycles. The number of ether oxygens (including phenoxy) is 1. The molecule has 0 aromatic carbocycles. The molecule has 6 N–H and O–H groups in total. The van der Waals surface area contributed by atoms with E-state index in [0.717, 1.165) is 180 Å². The van der Waals surface area contributed by atoms with Gasteiger partial charge < -0.3 is 66.0 Å². The second kappa shape index (κ2) is 49.0. The molecule has 28 heteroatoms. The van der Waals surface area contributed by atoms with Crippen LogP contribution in [-0.4, -0.2) is 308 Å². The maximum absolute atomic E-state index is 12.5. The van der Waals surface area contributed by atoms with Crippen molar-refractivity contribution >= 4 is 90.4 Å². The van der Waals surface area contributed by atoms with Crippen LogP contribution >= 0.6 is 35.3 Å². The van der Waals surface area contributed by atoms with Crippen molar-refractivity contribution in [3.63, 3.8) is 0 Å². The van der Waals surface area contributed by atoms with Gasteiger partial charge >= 0.3 is 0 Å². The van der Waals surface area contributed by atoms with Crippen LogP contribution in [0.3, 0.4) is 0 Å². The SMILES string of the molecule is CNC1CCC(C)CN(CC2CCCCS2)C1=O.CNC1CCC(C)CN(CC2CCCS2(=O)=O)C1=O.CNC1CCC(C)CN(CC2CCCSC2)C1=O.CNC1CCC(C)CN(CC2CCOCC2)C1=O.CNC1CCC(C)CN(CC2CCS(=O)(=O)C2)C1=O.CNC1CCC(C)CN(CC2CCSCC2)C1=O. The van der Waals surface area contributed by atoms with Gasteiger partial charge in [0.05, 0.1) is 58.8 Å². The fraction of sp³-hybridized carbons (Fsp3) is 0.927. The Morgan fingerprint density at radius 1 is 0.336 bits per heavy atom. The number of carbonyl (C=O) groups excluding carboxylic acids is 6. The summed E-state index contributed by atoms with van der Waals surface area (Å²) in [5, 5.41) is 19.2. The number of likely N-dealkylation sites (N-methyl/N-ethyl adjacent to an activating group) is 6. The van der Waals surface area contributed by atoms with E-state index in [2.05, 4.69) is 128 Å². The van der Waals surface area contributed by atoms with Crippen LogP contribution in [0, 0.1) is 59.2 Å². The highest BCUT2D eigenvalue weighted by Crippen LogP contribution is 2.32. The van der Waals surface area contributed by atoms with Gasteiger partial charge in [-0.3, -0.25) is 28.8 Å². The van der Waals surface area contributed by atoms with Crippen molar-refractivity contribution in [3.05, 3.63) is 0 Å². The van der Waals surface area contributed by atoms with Gasteiger partial charge in [-0.05, 0) is 278 Å². The normalized spacial score (nSPS) is 33.8. The highest BCUT2D eigenvalue weighted by Gasteiger charge is 2.40. The zero-order valence-electron chi connectivity index (χ0n) is 70.1. The molecule has 0 bridgehead atoms. The third kappa shape index (κ3) is 31.4. The summed E-state index contributed by atoms with van der Waals surface area (Å²) in [5.74, 6) is 14.3. The predicted molar refractivity (Wildman–Crippen MR) is 454 cm³/mol. The van der Waals surface area contributed by atoms with Gasteiger partial charge in [0, 0.05) is 97.0 Å². The van der Waals surface area contributed by atoms with Crippen LogP contribution in [-0.2, 0) is 53.2 Å². The predicted octanol–water partition coefficient (Wildman–Crippen LogP) is 8.01. The quantitative estimate of drug-likeness (QED) is 0.0758. The van der Waals surface area contributed by atoms with Crippen LogP contribution in [0.15, 0.2) is 0 Å². The zero-order valence-corrected chi connectivity index (χ0v) is 74.2. The fourth-order valence-corrected chi connectivity index (χ4v) is 25.6. The molecule has 6 amide bonds. The number of amides is 6. The van der Waals surface area contributed by atoms with Crippen LogP contribution in [0.2, 0.25) is 0 Å². The summed E-state index contributed by atoms with van der Waals surface area (Å²) in [6, 6.07) is -0.102. The topological polar surface area (TPSA) is 272 Å². The molecule has 0 spiro atoms. The number of rotatable bonds is 18. The molecule has 16 unspecified atom stereocenters. The molecule has 636 valence electrons. The lowest BCUT2D eigenvalue weighted by Gasteiger charge is -2.31. The molecule has 12 fully saturated rings. The Morgan fingerprint density at radius 3 is 1.03 bits per heavy atom. The molecule has 16 atom stereocenters. The van der Waals surface area contributed by atoms with E-state index < -0.39 is 19.7 Å². The summed E-state index contributed by atoms with van der Waals surface area (Å²) in [5.41, 5.74) is 0. The van der Waals surface area contributed by atoms with E-state index in [0.29, 0.717) is 103 Å². The van der Waals surface area contributed by atoms with E-state index in [1.165, 1.54) is 73.7 Å². The molecule has 110 heavy (non-hydrogen) atoms. The van der Waals surface area contributed by atoms with Crippen molar-refractivity contribution in [3.8, 4) is 0 Å². The zero-order chi connectivity index (χ0) is 79.9. The molecule has 0 saturated carbocycles. The van der Waals surface area contributed by atoms with Crippen molar-refractivity contribution in [1.29, 1.82) is 0 Å². The third-order valence-electron chi connectivity index (χ3n) is 25.4. The van der Waals surface area contributed by atoms with Gasteiger partial charge in [-0.15, -0.1) is 0 Å². The highest BCUT2D eigenvalue weighted by molar-refractivity contribution is 8.00. The molecule has 0 aromatic heterocycles. The highest BCUT2D eigenvalue weighted by atomic mass is 32.2. The first-order valence-corrected chi connectivity index (χ1v) is 50.1. The molecule has 12 aliphatic rings. The van der Waals surface area contributed by atoms with Gasteiger partial charge in [-0.2, -0.15) is 35.3 Å². The average Bonchev–Trinajstić information content (AvgIpc) is 1.64. The van der Waals surface area contributed by atoms with Crippen LogP contribution in [0.25, 0.3) is 0 Å². The number of sulfone groups is 2. The summed E-state index contributed by atoms with van der Waals surface area (Å²) < 4.78 is 52.2. The van der Waals surface area contributed by atoms with Gasteiger partial charge in [-0.1, -0.05) is 48.0 Å². The van der Waals surface area contributed by atoms with Crippen LogP contribution < -0.4 is 31.9 Å². The maximum atomic E-state index is 12.5. The molecule has 12 aliphatic heterocycles. The first-order valence-electron chi connectivity index (χ1n) is 43.2. The van der Waals surface area contributed by atoms with Crippen LogP contribution in [0.5, 0.6) is 0 Å². The first kappa shape index (κ1) is 94.6. The minimum Gasteiger partial charge on any atom is -0.381 e. The standard InChI is InChI=1S/C14H26N2O2.3C14H26N2OS.2C13H24N2O3S/c2*1-11-3-4-13(15-2)14(17)16(9-11)10-12-5-7-18-8-6-12;1-11-5-6-13(15-2)14(17)16(8-11)9-12-4-3-7-18-10-12;1-11-6-7-13(15-2)14(17)16(9-11)10-12-5-3-4-8-18-12;1-10-3-4-12(14-2)13(16)15(7-10)8-11-5-6-19(17,18)9-11;1-10-5-6-12(14-2)13(16)15(8-10)9-11-4-3-7-19(11,17)18/h4*11-13,15H,3-10H2,1-2H3;2*10-12,14H,3-9H2,1-2H3. The minimum atomic E-state index is -2.98. The number of hydrogen-bond donors (Lipinski definition) is 6. The Hall–Kier alpha value is -2.51. The number of thioether (sulfide) groups is 3. The molecular weight excluding hydrogens is 1490 g/mol. The Bertz CT molecular complexity index is 2760. The maximum Gasteiger partial charge on any atom is 0.239 e. The molecule has 12 heterocycles. The monoisotopic (exact) mass is 1640 g/mol. The molecule has 12 saturated heterocycles. The van der Waals surface area contributed by atoms with Gasteiger partial charge in [0.1, 0.15) is 0 Å². The lowest BCUT2D eigenvalue weighted by Crippen LogP contribution is -2.47. The lowest BCUT2D eigenvalue weighted by molar-refractivity contribution is -0.134. The average molecular weight is 1640 g/mol. The van der Waals surface area contributed by atoms with Gasteiger partial charge in [0.15, 0.2) is 19.7 Å². The van der Waals surface area contributed by atoms with E-state index in [1.54, 1.807) is 11.9 Å². The Balaban J connectivity index is 0.000000184. The molecular formula is C82H152N12O11S5. The minimum absolute atomic E-state index is 0.0230. The van der Waals surface area contributed by atoms with E-state index >= 15 is 0 Å². The fourth-order valence-electron chi connectivity index (χ4n) is 18.3. The van der Waals surface area contributed by atoms with E-state index in [9.17, 15) is 45.6 Å². The number of nitrogens with one attached hydrogen (secondary N) is 6. The van der Waals surface area contributed by atoms with Gasteiger partial charge in [-0.25, -0.2) is 16.8 Å². The Morgan fingerprint density at radius 2 is 0.700 bits per heavy atom. The second-order valence-electron chi connectivity index (χ2n) is 35.2. The van der Waals surface area contributed by atoms with E-state index in [4.69, 9.17) is 4.74 Å². The molecule has 0 radical (unpaired) electrons. The number of likely N-dealkylation sites (tertiary alicyclic amines) is 6. The smallest absolute Gasteiger partial charge is 0.239 e. The lowest BCUT2D eigenvalue weighted by atomic mass is 9.99. The van der Waals surface area contributed by atoms with Crippen LogP contribution in [0.1, 0.15) is 196 Å². The first-order chi connectivity index (χ1) is 52.7. The van der Waals surface area contributed by atoms with Gasteiger partial charge in [0.2, 0.25) is 35.4 Å². The van der Waals surface area contributed by atoms with Crippen molar-refractivity contribution in [2.45, 2.75) is 242 Å². The Labute approximate surface area is 679 Å². The summed E-state index contributed by atoms with van der Waals surface area (Å²) in [6.07, 6.45) is 25.8. The van der Waals surface area contributed by atoms with Gasteiger partial charge in [0.25, 0.3) is 0 Å². The summed E-state index contributed by atoms with van der Waals surface area (Å²) in [7, 11) is 5.40. The number of nitrogens with zero attached hydrogens (tertiary/aromatic N) is 6. The van der Waals surface area contributed by atoms with Crippen molar-refractivity contribution in [2.75, 3.05) is 180 Å². The second-order valence-corrected chi connectivity index (χ2v) is 43.6. The molecule has 23 nitrogen and oxygen atoms in total. The number of hydrogen-bond acceptors (Lipinski definition) is 20. The molecule has 0 aromatic rings. The largest absolute Gasteiger partial charge is 0.381 e. The third-order valence-corrected chi connectivity index (χ3v) is 33.2. The van der Waals surface area contributed by atoms with E-state index in [-0.39, 0.29) is 76.5 Å². The molecule has 12 rings (SSSR count). The van der Waals surface area contributed by atoms with Crippen molar-refractivity contribution in [2.24, 2.45) is 59.2 Å². The summed E-state index contributed by atoms with van der Waals surface area (Å²) in [4.78, 5) is 86.7. The number of carbonyl (C=O) groups is 6. The summed E-state index contributed by atoms with van der Waals surface area (Å²) in [6.45, 7) is 25.1. The van der Waals surface area contributed by atoms with E-state index in [1.807, 2.05) is 40.1 Å². The van der Waals surface area contributed by atoms with Crippen molar-refractivity contribution < 1.29 is 50.3 Å².